The van der Waals surface area contributed by atoms with Gasteiger partial charge in [0, 0.05) is 38.8 Å². The fraction of sp³-hybridized carbons (Fsp3) is 0.167. The molecule has 5 aromatic carbocycles. The fourth-order valence-electron chi connectivity index (χ4n) is 8.09. The number of nitrogens with zero attached hydrogens (tertiary/aromatic N) is 1. The molecule has 0 N–H and O–H groups in total. The summed E-state index contributed by atoms with van der Waals surface area (Å²) in [5.74, 6) is 0. The number of benzene rings is 5. The van der Waals surface area contributed by atoms with Crippen molar-refractivity contribution in [1.29, 1.82) is 0 Å². The first-order chi connectivity index (χ1) is 24.2. The lowest BCUT2D eigenvalue weighted by atomic mass is 9.82. The number of furan rings is 1. The highest BCUT2D eigenvalue weighted by Crippen LogP contribution is 2.49. The highest BCUT2D eigenvalue weighted by atomic mass is 16.3. The number of hydrogen-bond donors (Lipinski definition) is 0. The standard InChI is InChI=1S/C48H43NO/c1-8-37-32(5)48(6,7)45-26-24-36(29-44(37)45)49(35-23-25-38(30(2)3)43(28-35)39-18-10-9-15-31(39)4)34-17-13-16-33(27-34)40-20-14-21-42-41-19-11-12-22-46(41)50-47(40)42/h8-12,14-16,18-29H,1-2,13,17H2,3-7H3. The third kappa shape index (κ3) is 5.01. The number of anilines is 2. The van der Waals surface area contributed by atoms with E-state index >= 15 is 0 Å². The van der Waals surface area contributed by atoms with Gasteiger partial charge < -0.3 is 9.32 Å². The summed E-state index contributed by atoms with van der Waals surface area (Å²) >= 11 is 0. The summed E-state index contributed by atoms with van der Waals surface area (Å²) < 4.78 is 6.51. The third-order valence-electron chi connectivity index (χ3n) is 11.0. The van der Waals surface area contributed by atoms with Crippen LogP contribution in [0.15, 0.2) is 150 Å². The van der Waals surface area contributed by atoms with Crippen molar-refractivity contribution in [2.24, 2.45) is 0 Å². The lowest BCUT2D eigenvalue weighted by Gasteiger charge is -2.32. The summed E-state index contributed by atoms with van der Waals surface area (Å²) in [6, 6.07) is 37.4. The van der Waals surface area contributed by atoms with E-state index in [1.807, 2.05) is 12.1 Å². The zero-order valence-electron chi connectivity index (χ0n) is 29.7. The van der Waals surface area contributed by atoms with Gasteiger partial charge in [0.05, 0.1) is 0 Å². The monoisotopic (exact) mass is 649 g/mol. The molecule has 0 unspecified atom stereocenters. The van der Waals surface area contributed by atoms with Crippen LogP contribution in [0.1, 0.15) is 68.4 Å². The quantitative estimate of drug-likeness (QED) is 0.171. The molecule has 0 atom stereocenters. The Morgan fingerprint density at radius 3 is 2.26 bits per heavy atom. The van der Waals surface area contributed by atoms with Crippen LogP contribution in [0, 0.1) is 6.92 Å². The number of fused-ring (bicyclic) bond motifs is 4. The average Bonchev–Trinajstić information content (AvgIpc) is 3.59. The summed E-state index contributed by atoms with van der Waals surface area (Å²) in [4.78, 5) is 2.47. The first-order valence-corrected chi connectivity index (χ1v) is 17.6. The Morgan fingerprint density at radius 2 is 1.48 bits per heavy atom. The zero-order chi connectivity index (χ0) is 34.7. The Morgan fingerprint density at radius 1 is 0.780 bits per heavy atom. The Bertz CT molecular complexity index is 2480. The molecule has 0 fully saturated rings. The lowest BCUT2D eigenvalue weighted by Crippen LogP contribution is -2.19. The lowest BCUT2D eigenvalue weighted by molar-refractivity contribution is 0.639. The van der Waals surface area contributed by atoms with Gasteiger partial charge in [-0.05, 0) is 115 Å². The van der Waals surface area contributed by atoms with E-state index in [9.17, 15) is 0 Å². The normalized spacial score (nSPS) is 15.2. The fourth-order valence-corrected chi connectivity index (χ4v) is 8.09. The summed E-state index contributed by atoms with van der Waals surface area (Å²) in [7, 11) is 0. The van der Waals surface area contributed by atoms with Gasteiger partial charge in [-0.1, -0.05) is 123 Å². The van der Waals surface area contributed by atoms with Gasteiger partial charge in [0.1, 0.15) is 11.2 Å². The first kappa shape index (κ1) is 31.7. The summed E-state index contributed by atoms with van der Waals surface area (Å²) in [5.41, 5.74) is 18.7. The number of hydrogen-bond acceptors (Lipinski definition) is 2. The molecule has 0 radical (unpaired) electrons. The van der Waals surface area contributed by atoms with Crippen LogP contribution in [0.2, 0.25) is 0 Å². The molecule has 1 aromatic heterocycles. The summed E-state index contributed by atoms with van der Waals surface area (Å²) in [6.07, 6.45) is 8.60. The minimum atomic E-state index is -0.0470. The molecule has 246 valence electrons. The van der Waals surface area contributed by atoms with Gasteiger partial charge in [0.15, 0.2) is 0 Å². The van der Waals surface area contributed by atoms with Crippen LogP contribution in [-0.4, -0.2) is 0 Å². The molecule has 6 aromatic rings. The molecule has 50 heavy (non-hydrogen) atoms. The van der Waals surface area contributed by atoms with E-state index in [1.165, 1.54) is 55.8 Å². The van der Waals surface area contributed by atoms with Gasteiger partial charge in [-0.2, -0.15) is 0 Å². The molecular formula is C48H43NO. The molecule has 2 heteroatoms. The van der Waals surface area contributed by atoms with Gasteiger partial charge in [-0.3, -0.25) is 0 Å². The predicted octanol–water partition coefficient (Wildman–Crippen LogP) is 13.7. The van der Waals surface area contributed by atoms with Crippen molar-refractivity contribution in [3.05, 3.63) is 174 Å². The van der Waals surface area contributed by atoms with Crippen molar-refractivity contribution in [3.63, 3.8) is 0 Å². The molecule has 8 rings (SSSR count). The number of rotatable bonds is 7. The largest absolute Gasteiger partial charge is 0.455 e. The molecule has 2 aliphatic carbocycles. The van der Waals surface area contributed by atoms with Crippen molar-refractivity contribution in [2.45, 2.75) is 52.9 Å². The maximum absolute atomic E-state index is 6.51. The molecular weight excluding hydrogens is 607 g/mol. The van der Waals surface area contributed by atoms with Crippen molar-refractivity contribution < 1.29 is 4.42 Å². The van der Waals surface area contributed by atoms with Crippen molar-refractivity contribution >= 4 is 50.0 Å². The third-order valence-corrected chi connectivity index (χ3v) is 11.0. The maximum atomic E-state index is 6.51. The molecule has 1 heterocycles. The predicted molar refractivity (Wildman–Crippen MR) is 215 cm³/mol. The van der Waals surface area contributed by atoms with E-state index in [0.29, 0.717) is 0 Å². The number of para-hydroxylation sites is 2. The molecule has 2 nitrogen and oxygen atoms in total. The second kappa shape index (κ2) is 12.1. The molecule has 2 aliphatic rings. The van der Waals surface area contributed by atoms with E-state index in [1.54, 1.807) is 0 Å². The molecule has 0 bridgehead atoms. The van der Waals surface area contributed by atoms with Crippen LogP contribution in [0.5, 0.6) is 0 Å². The molecule has 0 saturated heterocycles. The van der Waals surface area contributed by atoms with Crippen LogP contribution < -0.4 is 4.90 Å². The minimum absolute atomic E-state index is 0.0470. The first-order valence-electron chi connectivity index (χ1n) is 17.6. The van der Waals surface area contributed by atoms with Gasteiger partial charge in [-0.15, -0.1) is 0 Å². The van der Waals surface area contributed by atoms with E-state index in [4.69, 9.17) is 4.42 Å². The number of allylic oxidation sites excluding steroid dienone is 8. The van der Waals surface area contributed by atoms with E-state index in [-0.39, 0.29) is 5.41 Å². The second-order valence-corrected chi connectivity index (χ2v) is 14.4. The minimum Gasteiger partial charge on any atom is -0.455 e. The maximum Gasteiger partial charge on any atom is 0.143 e. The van der Waals surface area contributed by atoms with Crippen LogP contribution in [0.25, 0.3) is 49.8 Å². The molecule has 0 saturated carbocycles. The van der Waals surface area contributed by atoms with Crippen LogP contribution >= 0.6 is 0 Å². The van der Waals surface area contributed by atoms with Gasteiger partial charge >= 0.3 is 0 Å². The number of aryl methyl sites for hydroxylation is 1. The highest BCUT2D eigenvalue weighted by molar-refractivity contribution is 6.09. The van der Waals surface area contributed by atoms with E-state index in [0.717, 1.165) is 57.3 Å². The summed E-state index contributed by atoms with van der Waals surface area (Å²) in [5, 5.41) is 2.30. The highest BCUT2D eigenvalue weighted by Gasteiger charge is 2.35. The van der Waals surface area contributed by atoms with Gasteiger partial charge in [0.2, 0.25) is 0 Å². The van der Waals surface area contributed by atoms with Crippen molar-refractivity contribution in [3.8, 4) is 11.1 Å². The van der Waals surface area contributed by atoms with Crippen molar-refractivity contribution in [1.82, 2.24) is 0 Å². The van der Waals surface area contributed by atoms with Gasteiger partial charge in [0.25, 0.3) is 0 Å². The Kier molecular flexibility index (Phi) is 7.64. The molecule has 0 amide bonds. The topological polar surface area (TPSA) is 16.4 Å². The van der Waals surface area contributed by atoms with E-state index < -0.39 is 0 Å². The van der Waals surface area contributed by atoms with Crippen LogP contribution in [0.3, 0.4) is 0 Å². The van der Waals surface area contributed by atoms with Crippen LogP contribution in [0.4, 0.5) is 11.4 Å². The smallest absolute Gasteiger partial charge is 0.143 e. The Balaban J connectivity index is 1.34. The Labute approximate surface area is 296 Å². The van der Waals surface area contributed by atoms with Gasteiger partial charge in [-0.25, -0.2) is 0 Å². The summed E-state index contributed by atoms with van der Waals surface area (Å²) in [6.45, 7) is 19.8. The van der Waals surface area contributed by atoms with E-state index in [2.05, 4.69) is 162 Å². The average molecular weight is 650 g/mol. The van der Waals surface area contributed by atoms with Crippen LogP contribution in [-0.2, 0) is 5.41 Å². The molecule has 0 spiro atoms. The second-order valence-electron chi connectivity index (χ2n) is 14.4. The SMILES string of the molecule is C=CC1=C(C)C(C)(C)c2ccc(N(C3=CC(c4cccc5c4oc4ccccc45)=CCC3)c3ccc(C(=C)C)c(-c4ccccc4C)c3)cc21. The Hall–Kier alpha value is -5.60. The zero-order valence-corrected chi connectivity index (χ0v) is 29.7. The van der Waals surface area contributed by atoms with Crippen molar-refractivity contribution in [2.75, 3.05) is 4.90 Å². The molecule has 0 aliphatic heterocycles.